The normalized spacial score (nSPS) is 18.3. The van der Waals surface area contributed by atoms with Gasteiger partial charge in [0.2, 0.25) is 5.96 Å². The Labute approximate surface area is 145 Å². The van der Waals surface area contributed by atoms with Gasteiger partial charge in [0.05, 0.1) is 17.1 Å². The molecule has 124 valence electrons. The van der Waals surface area contributed by atoms with Gasteiger partial charge in [-0.1, -0.05) is 29.8 Å². The number of rotatable bonds is 2. The molecular weight excluding hydrogens is 324 g/mol. The molecule has 1 aromatic heterocycles. The third kappa shape index (κ3) is 3.23. The molecule has 0 amide bonds. The molecule has 0 aliphatic heterocycles. The third-order valence-corrected chi connectivity index (χ3v) is 4.42. The third-order valence-electron chi connectivity index (χ3n) is 4.08. The minimum absolute atomic E-state index is 0.0744. The van der Waals surface area contributed by atoms with Crippen molar-refractivity contribution >= 4 is 23.3 Å². The molecule has 1 aliphatic carbocycles. The van der Waals surface area contributed by atoms with E-state index in [4.69, 9.17) is 23.1 Å². The fraction of sp³-hybridized carbons (Fsp3) is 0.294. The molecular formula is C17H19ClN6. The van der Waals surface area contributed by atoms with Gasteiger partial charge in [0, 0.05) is 10.6 Å². The molecule has 0 saturated heterocycles. The highest BCUT2D eigenvalue weighted by molar-refractivity contribution is 6.31. The van der Waals surface area contributed by atoms with Gasteiger partial charge in [0.25, 0.3) is 0 Å². The number of nitrogens with two attached hydrogens (primary N) is 2. The molecule has 2 aromatic rings. The van der Waals surface area contributed by atoms with Crippen LogP contribution in [-0.4, -0.2) is 21.6 Å². The molecule has 1 aromatic carbocycles. The molecule has 1 atom stereocenters. The number of guanidine groups is 1. The van der Waals surface area contributed by atoms with E-state index in [1.807, 2.05) is 38.1 Å². The predicted octanol–water partition coefficient (Wildman–Crippen LogP) is 2.45. The number of aryl methyl sites for hydroxylation is 2. The van der Waals surface area contributed by atoms with E-state index in [0.29, 0.717) is 6.42 Å². The maximum Gasteiger partial charge on any atom is 0.211 e. The van der Waals surface area contributed by atoms with Crippen molar-refractivity contribution in [2.45, 2.75) is 32.6 Å². The van der Waals surface area contributed by atoms with Crippen LogP contribution < -0.4 is 11.5 Å². The van der Waals surface area contributed by atoms with Gasteiger partial charge in [0.1, 0.15) is 5.82 Å². The van der Waals surface area contributed by atoms with Gasteiger partial charge >= 0.3 is 0 Å². The SMILES string of the molecule is Cc1nc(C)c2c(n1)CC(c1ccccc1Cl)CC2=NN=C(N)N. The largest absolute Gasteiger partial charge is 0.369 e. The van der Waals surface area contributed by atoms with Crippen molar-refractivity contribution in [2.75, 3.05) is 0 Å². The zero-order valence-corrected chi connectivity index (χ0v) is 14.4. The molecule has 4 N–H and O–H groups in total. The van der Waals surface area contributed by atoms with Crippen molar-refractivity contribution in [1.82, 2.24) is 9.97 Å². The van der Waals surface area contributed by atoms with Crippen LogP contribution in [0.1, 0.15) is 40.7 Å². The van der Waals surface area contributed by atoms with E-state index in [2.05, 4.69) is 20.2 Å². The number of hydrogen-bond acceptors (Lipinski definition) is 4. The van der Waals surface area contributed by atoms with Gasteiger partial charge in [-0.2, -0.15) is 5.10 Å². The molecule has 0 fully saturated rings. The molecule has 7 heteroatoms. The average Bonchev–Trinajstić information content (AvgIpc) is 2.52. The molecule has 24 heavy (non-hydrogen) atoms. The molecule has 6 nitrogen and oxygen atoms in total. The van der Waals surface area contributed by atoms with Crippen molar-refractivity contribution < 1.29 is 0 Å². The van der Waals surface area contributed by atoms with Crippen molar-refractivity contribution in [3.8, 4) is 0 Å². The number of hydrogen-bond donors (Lipinski definition) is 2. The summed E-state index contributed by atoms with van der Waals surface area (Å²) in [5, 5.41) is 8.83. The summed E-state index contributed by atoms with van der Waals surface area (Å²) in [6.07, 6.45) is 1.46. The lowest BCUT2D eigenvalue weighted by molar-refractivity contribution is 0.670. The van der Waals surface area contributed by atoms with Crippen molar-refractivity contribution in [1.29, 1.82) is 0 Å². The minimum Gasteiger partial charge on any atom is -0.369 e. The van der Waals surface area contributed by atoms with E-state index >= 15 is 0 Å². The van der Waals surface area contributed by atoms with E-state index in [1.165, 1.54) is 0 Å². The number of nitrogens with zero attached hydrogens (tertiary/aromatic N) is 4. The fourth-order valence-corrected chi connectivity index (χ4v) is 3.47. The average molecular weight is 343 g/mol. The number of halogens is 1. The first-order valence-corrected chi connectivity index (χ1v) is 8.08. The Morgan fingerprint density at radius 1 is 1.17 bits per heavy atom. The van der Waals surface area contributed by atoms with Crippen LogP contribution in [0.15, 0.2) is 34.5 Å². The first-order chi connectivity index (χ1) is 11.5. The monoisotopic (exact) mass is 342 g/mol. The lowest BCUT2D eigenvalue weighted by Crippen LogP contribution is -2.25. The molecule has 0 bridgehead atoms. The summed E-state index contributed by atoms with van der Waals surface area (Å²) >= 11 is 6.38. The summed E-state index contributed by atoms with van der Waals surface area (Å²) in [5.41, 5.74) is 15.5. The standard InChI is InChI=1S/C17H19ClN6/c1-9-16-14(22-10(2)21-9)7-11(8-15(16)23-24-17(19)20)12-5-3-4-6-13(12)18/h3-6,11H,7-8H2,1-2H3,(H4,19,20,24). The van der Waals surface area contributed by atoms with Gasteiger partial charge < -0.3 is 11.5 Å². The van der Waals surface area contributed by atoms with Crippen LogP contribution in [0.3, 0.4) is 0 Å². The highest BCUT2D eigenvalue weighted by atomic mass is 35.5. The molecule has 0 saturated carbocycles. The van der Waals surface area contributed by atoms with Gasteiger partial charge in [0.15, 0.2) is 0 Å². The molecule has 1 unspecified atom stereocenters. The summed E-state index contributed by atoms with van der Waals surface area (Å²) in [5.74, 6) is 0.842. The summed E-state index contributed by atoms with van der Waals surface area (Å²) in [6, 6.07) is 7.85. The topological polar surface area (TPSA) is 103 Å². The van der Waals surface area contributed by atoms with Crippen molar-refractivity contribution in [3.05, 3.63) is 57.6 Å². The van der Waals surface area contributed by atoms with Gasteiger partial charge in [-0.05, 0) is 44.2 Å². The Kier molecular flexibility index (Phi) is 4.49. The van der Waals surface area contributed by atoms with Crippen LogP contribution in [0.2, 0.25) is 5.02 Å². The number of benzene rings is 1. The van der Waals surface area contributed by atoms with E-state index < -0.39 is 0 Å². The molecule has 3 rings (SSSR count). The minimum atomic E-state index is -0.0744. The van der Waals surface area contributed by atoms with E-state index in [1.54, 1.807) is 0 Å². The van der Waals surface area contributed by atoms with E-state index in [0.717, 1.165) is 45.5 Å². The first-order valence-electron chi connectivity index (χ1n) is 7.70. The molecule has 1 aliphatic rings. The molecule has 0 spiro atoms. The second-order valence-electron chi connectivity index (χ2n) is 5.88. The van der Waals surface area contributed by atoms with Crippen LogP contribution in [0.4, 0.5) is 0 Å². The van der Waals surface area contributed by atoms with Crippen molar-refractivity contribution in [2.24, 2.45) is 21.7 Å². The fourth-order valence-electron chi connectivity index (χ4n) is 3.18. The smallest absolute Gasteiger partial charge is 0.211 e. The zero-order valence-electron chi connectivity index (χ0n) is 13.6. The Bertz CT molecular complexity index is 839. The van der Waals surface area contributed by atoms with Crippen LogP contribution in [0.25, 0.3) is 0 Å². The van der Waals surface area contributed by atoms with Crippen molar-refractivity contribution in [3.63, 3.8) is 0 Å². The van der Waals surface area contributed by atoms with Gasteiger partial charge in [-0.15, -0.1) is 5.10 Å². The Morgan fingerprint density at radius 2 is 1.92 bits per heavy atom. The second-order valence-corrected chi connectivity index (χ2v) is 6.28. The number of aromatic nitrogens is 2. The lowest BCUT2D eigenvalue weighted by atomic mass is 9.80. The van der Waals surface area contributed by atoms with Crippen LogP contribution in [0.5, 0.6) is 0 Å². The Morgan fingerprint density at radius 3 is 2.62 bits per heavy atom. The first kappa shape index (κ1) is 16.4. The Balaban J connectivity index is 2.12. The molecule has 0 radical (unpaired) electrons. The summed E-state index contributed by atoms with van der Waals surface area (Å²) < 4.78 is 0. The zero-order chi connectivity index (χ0) is 17.3. The van der Waals surface area contributed by atoms with Crippen LogP contribution >= 0.6 is 11.6 Å². The van der Waals surface area contributed by atoms with Gasteiger partial charge in [-0.3, -0.25) is 0 Å². The number of fused-ring (bicyclic) bond motifs is 1. The summed E-state index contributed by atoms with van der Waals surface area (Å²) in [4.78, 5) is 9.06. The van der Waals surface area contributed by atoms with E-state index in [-0.39, 0.29) is 11.9 Å². The highest BCUT2D eigenvalue weighted by Gasteiger charge is 2.29. The second kappa shape index (κ2) is 6.57. The molecule has 1 heterocycles. The van der Waals surface area contributed by atoms with Crippen LogP contribution in [-0.2, 0) is 6.42 Å². The van der Waals surface area contributed by atoms with E-state index in [9.17, 15) is 0 Å². The summed E-state index contributed by atoms with van der Waals surface area (Å²) in [7, 11) is 0. The maximum absolute atomic E-state index is 6.38. The maximum atomic E-state index is 6.38. The van der Waals surface area contributed by atoms with Gasteiger partial charge in [-0.25, -0.2) is 9.97 Å². The highest BCUT2D eigenvalue weighted by Crippen LogP contribution is 2.36. The summed E-state index contributed by atoms with van der Waals surface area (Å²) in [6.45, 7) is 3.84. The Hall–Kier alpha value is -2.47. The lowest BCUT2D eigenvalue weighted by Gasteiger charge is -2.26. The quantitative estimate of drug-likeness (QED) is 0.497. The van der Waals surface area contributed by atoms with Crippen LogP contribution in [0, 0.1) is 13.8 Å². The predicted molar refractivity (Wildman–Crippen MR) is 96.4 cm³/mol.